The molecule has 1 aromatic carbocycles. The number of anilines is 1. The summed E-state index contributed by atoms with van der Waals surface area (Å²) in [5.41, 5.74) is -0.407. The lowest BCUT2D eigenvalue weighted by molar-refractivity contribution is -0.384. The van der Waals surface area contributed by atoms with Crippen molar-refractivity contribution in [3.05, 3.63) is 48.8 Å². The van der Waals surface area contributed by atoms with Gasteiger partial charge in [-0.05, 0) is 12.1 Å². The summed E-state index contributed by atoms with van der Waals surface area (Å²) in [5.74, 6) is 0. The molecule has 0 unspecified atom stereocenters. The van der Waals surface area contributed by atoms with Crippen molar-refractivity contribution in [3.8, 4) is 0 Å². The van der Waals surface area contributed by atoms with Crippen molar-refractivity contribution < 1.29 is 13.3 Å². The Morgan fingerprint density at radius 3 is 2.48 bits per heavy atom. The maximum absolute atomic E-state index is 12.2. The third-order valence-corrected chi connectivity index (χ3v) is 6.30. The smallest absolute Gasteiger partial charge is 0.277 e. The molecule has 0 spiro atoms. The summed E-state index contributed by atoms with van der Waals surface area (Å²) < 4.78 is 26.0. The molecule has 112 valence electrons. The van der Waals surface area contributed by atoms with Crippen LogP contribution in [0.25, 0.3) is 0 Å². The molecule has 0 radical (unpaired) electrons. The first-order valence-electron chi connectivity index (χ1n) is 5.13. The van der Waals surface area contributed by atoms with Crippen LogP contribution in [0.2, 0.25) is 14.4 Å². The van der Waals surface area contributed by atoms with Gasteiger partial charge in [0.2, 0.25) is 0 Å². The fourth-order valence-electron chi connectivity index (χ4n) is 1.37. The zero-order chi connectivity index (χ0) is 15.8. The van der Waals surface area contributed by atoms with Crippen LogP contribution >= 0.6 is 46.1 Å². The van der Waals surface area contributed by atoms with Crippen LogP contribution < -0.4 is 4.72 Å². The van der Waals surface area contributed by atoms with E-state index in [1.807, 2.05) is 0 Å². The summed E-state index contributed by atoms with van der Waals surface area (Å²) in [6.07, 6.45) is 0. The molecule has 1 aromatic heterocycles. The van der Waals surface area contributed by atoms with Crippen molar-refractivity contribution in [2.45, 2.75) is 4.21 Å². The van der Waals surface area contributed by atoms with Crippen LogP contribution in [0.4, 0.5) is 11.4 Å². The molecule has 0 saturated carbocycles. The fraction of sp³-hybridized carbons (Fsp3) is 0. The van der Waals surface area contributed by atoms with Gasteiger partial charge in [-0.2, -0.15) is 0 Å². The monoisotopic (exact) mass is 386 g/mol. The summed E-state index contributed by atoms with van der Waals surface area (Å²) >= 11 is 17.9. The van der Waals surface area contributed by atoms with Crippen LogP contribution in [0.3, 0.4) is 0 Å². The van der Waals surface area contributed by atoms with Crippen molar-refractivity contribution in [1.29, 1.82) is 0 Å². The Kier molecular flexibility index (Phi) is 4.64. The van der Waals surface area contributed by atoms with Crippen LogP contribution in [0, 0.1) is 10.1 Å². The van der Waals surface area contributed by atoms with E-state index in [1.54, 1.807) is 0 Å². The van der Waals surface area contributed by atoms with Gasteiger partial charge in [0.1, 0.15) is 4.21 Å². The van der Waals surface area contributed by atoms with Gasteiger partial charge in [0.15, 0.2) is 4.34 Å². The van der Waals surface area contributed by atoms with Crippen LogP contribution in [-0.4, -0.2) is 13.3 Å². The van der Waals surface area contributed by atoms with E-state index < -0.39 is 20.6 Å². The van der Waals surface area contributed by atoms with Crippen molar-refractivity contribution in [2.75, 3.05) is 4.72 Å². The second kappa shape index (κ2) is 5.98. The number of nitrogens with one attached hydrogen (secondary N) is 1. The first-order valence-corrected chi connectivity index (χ1v) is 8.56. The molecule has 21 heavy (non-hydrogen) atoms. The van der Waals surface area contributed by atoms with E-state index in [-0.39, 0.29) is 24.3 Å². The minimum absolute atomic E-state index is 0.0277. The van der Waals surface area contributed by atoms with Crippen molar-refractivity contribution in [2.24, 2.45) is 0 Å². The maximum Gasteiger partial charge on any atom is 0.300 e. The highest BCUT2D eigenvalue weighted by Crippen LogP contribution is 2.38. The van der Waals surface area contributed by atoms with E-state index in [0.717, 1.165) is 6.07 Å². The zero-order valence-electron chi connectivity index (χ0n) is 9.84. The number of nitrogens with zero attached hydrogens (tertiary/aromatic N) is 1. The standard InChI is InChI=1S/C10H5Cl3N2O4S2/c11-5-2-1-3-6(9(5)12)14-21(18,19)8-4-7(15(16)17)10(13)20-8/h1-4,14H. The Morgan fingerprint density at radius 1 is 1.24 bits per heavy atom. The Hall–Kier alpha value is -1.06. The SMILES string of the molecule is O=[N+]([O-])c1cc(S(=O)(=O)Nc2cccc(Cl)c2Cl)sc1Cl. The Morgan fingerprint density at radius 2 is 1.90 bits per heavy atom. The number of benzene rings is 1. The largest absolute Gasteiger partial charge is 0.300 e. The molecular formula is C10H5Cl3N2O4S2. The number of thiophene rings is 1. The molecule has 0 aliphatic rings. The molecule has 0 saturated heterocycles. The second-order valence-electron chi connectivity index (χ2n) is 3.69. The van der Waals surface area contributed by atoms with Gasteiger partial charge >= 0.3 is 0 Å². The minimum Gasteiger partial charge on any atom is -0.277 e. The summed E-state index contributed by atoms with van der Waals surface area (Å²) in [4.78, 5) is 9.93. The third kappa shape index (κ3) is 3.41. The van der Waals surface area contributed by atoms with E-state index in [2.05, 4.69) is 4.72 Å². The zero-order valence-corrected chi connectivity index (χ0v) is 13.7. The predicted octanol–water partition coefficient (Wildman–Crippen LogP) is 4.42. The first kappa shape index (κ1) is 16.3. The van der Waals surface area contributed by atoms with Gasteiger partial charge in [0.05, 0.1) is 20.7 Å². The number of rotatable bonds is 4. The maximum atomic E-state index is 12.2. The van der Waals surface area contributed by atoms with Gasteiger partial charge in [-0.3, -0.25) is 14.8 Å². The second-order valence-corrected chi connectivity index (χ2v) is 8.04. The van der Waals surface area contributed by atoms with Crippen molar-refractivity contribution in [1.82, 2.24) is 0 Å². The Labute approximate surface area is 138 Å². The Balaban J connectivity index is 2.41. The van der Waals surface area contributed by atoms with Crippen LogP contribution in [0.5, 0.6) is 0 Å². The molecule has 1 heterocycles. The van der Waals surface area contributed by atoms with E-state index in [0.29, 0.717) is 11.3 Å². The van der Waals surface area contributed by atoms with E-state index in [1.165, 1.54) is 18.2 Å². The molecule has 0 fully saturated rings. The lowest BCUT2D eigenvalue weighted by Crippen LogP contribution is -2.11. The predicted molar refractivity (Wildman–Crippen MR) is 83.3 cm³/mol. The first-order chi connectivity index (χ1) is 9.72. The van der Waals surface area contributed by atoms with Gasteiger partial charge in [0.25, 0.3) is 15.7 Å². The van der Waals surface area contributed by atoms with Crippen LogP contribution in [0.1, 0.15) is 0 Å². The molecule has 0 bridgehead atoms. The van der Waals surface area contributed by atoms with E-state index in [9.17, 15) is 18.5 Å². The average molecular weight is 388 g/mol. The van der Waals surface area contributed by atoms with Gasteiger partial charge in [-0.25, -0.2) is 8.42 Å². The molecule has 0 aliphatic carbocycles. The van der Waals surface area contributed by atoms with Crippen molar-refractivity contribution >= 4 is 67.5 Å². The summed E-state index contributed by atoms with van der Waals surface area (Å²) in [6.45, 7) is 0. The Bertz CT molecular complexity index is 820. The highest BCUT2D eigenvalue weighted by molar-refractivity contribution is 7.94. The summed E-state index contributed by atoms with van der Waals surface area (Å²) in [7, 11) is -4.05. The van der Waals surface area contributed by atoms with Gasteiger partial charge in [-0.1, -0.05) is 40.9 Å². The van der Waals surface area contributed by atoms with E-state index in [4.69, 9.17) is 34.8 Å². The van der Waals surface area contributed by atoms with Gasteiger partial charge in [0, 0.05) is 6.07 Å². The topological polar surface area (TPSA) is 89.3 Å². The number of halogens is 3. The number of hydrogen-bond acceptors (Lipinski definition) is 5. The molecule has 11 heteroatoms. The molecule has 0 atom stereocenters. The molecule has 1 N–H and O–H groups in total. The molecule has 0 aliphatic heterocycles. The molecule has 2 aromatic rings. The normalized spacial score (nSPS) is 11.4. The van der Waals surface area contributed by atoms with Gasteiger partial charge in [-0.15, -0.1) is 11.3 Å². The van der Waals surface area contributed by atoms with E-state index >= 15 is 0 Å². The van der Waals surface area contributed by atoms with Crippen molar-refractivity contribution in [3.63, 3.8) is 0 Å². The number of nitro groups is 1. The molecule has 2 rings (SSSR count). The summed E-state index contributed by atoms with van der Waals surface area (Å²) in [5, 5.41) is 10.9. The van der Waals surface area contributed by atoms with Gasteiger partial charge < -0.3 is 0 Å². The highest BCUT2D eigenvalue weighted by Gasteiger charge is 2.26. The number of hydrogen-bond donors (Lipinski definition) is 1. The lowest BCUT2D eigenvalue weighted by Gasteiger charge is -2.08. The highest BCUT2D eigenvalue weighted by atomic mass is 35.5. The fourth-order valence-corrected chi connectivity index (χ4v) is 4.51. The molecule has 6 nitrogen and oxygen atoms in total. The molecular weight excluding hydrogens is 383 g/mol. The average Bonchev–Trinajstić information content (AvgIpc) is 2.78. The lowest BCUT2D eigenvalue weighted by atomic mass is 10.3. The minimum atomic E-state index is -4.05. The molecule has 0 amide bonds. The quantitative estimate of drug-likeness (QED) is 0.621. The van der Waals surface area contributed by atoms with Crippen LogP contribution in [-0.2, 0) is 10.0 Å². The number of sulfonamides is 1. The third-order valence-electron chi connectivity index (χ3n) is 2.30. The summed E-state index contributed by atoms with van der Waals surface area (Å²) in [6, 6.07) is 5.30. The van der Waals surface area contributed by atoms with Crippen LogP contribution in [0.15, 0.2) is 28.5 Å².